The van der Waals surface area contributed by atoms with E-state index < -0.39 is 15.9 Å². The molecule has 2 fully saturated rings. The van der Waals surface area contributed by atoms with Gasteiger partial charge in [-0.1, -0.05) is 6.07 Å². The van der Waals surface area contributed by atoms with Crippen molar-refractivity contribution >= 4 is 38.9 Å². The lowest BCUT2D eigenvalue weighted by atomic mass is 10.1. The van der Waals surface area contributed by atoms with E-state index in [1.54, 1.807) is 17.0 Å². The van der Waals surface area contributed by atoms with Gasteiger partial charge in [-0.05, 0) is 62.1 Å². The van der Waals surface area contributed by atoms with Gasteiger partial charge in [0.1, 0.15) is 4.21 Å². The van der Waals surface area contributed by atoms with Crippen molar-refractivity contribution in [2.75, 3.05) is 24.5 Å². The minimum atomic E-state index is -3.44. The first-order chi connectivity index (χ1) is 14.8. The number of benzene rings is 1. The average molecular weight is 462 g/mol. The topological polar surface area (TPSA) is 86.8 Å². The van der Waals surface area contributed by atoms with Crippen LogP contribution in [0.4, 0.5) is 5.69 Å². The number of sulfonamides is 1. The fourth-order valence-electron chi connectivity index (χ4n) is 3.99. The lowest BCUT2D eigenvalue weighted by molar-refractivity contribution is -0.126. The van der Waals surface area contributed by atoms with Gasteiger partial charge in [0.15, 0.2) is 0 Å². The Morgan fingerprint density at radius 2 is 1.87 bits per heavy atom. The largest absolute Gasteiger partial charge is 0.351 e. The Hall–Kier alpha value is -2.23. The summed E-state index contributed by atoms with van der Waals surface area (Å²) >= 11 is 1.19. The molecule has 166 valence electrons. The summed E-state index contributed by atoms with van der Waals surface area (Å²) in [6.07, 6.45) is 1.97. The molecule has 31 heavy (non-hydrogen) atoms. The fourth-order valence-corrected chi connectivity index (χ4v) is 6.96. The SMILES string of the molecule is Cc1ccc(N2C[C@H](C(=O)NCc3ccc(S(=O)(=O)N4CCCC4)s3)CC2=O)cc1C. The van der Waals surface area contributed by atoms with E-state index >= 15 is 0 Å². The van der Waals surface area contributed by atoms with E-state index in [1.807, 2.05) is 32.0 Å². The van der Waals surface area contributed by atoms with Crippen molar-refractivity contribution in [3.63, 3.8) is 0 Å². The molecule has 9 heteroatoms. The predicted octanol–water partition coefficient (Wildman–Crippen LogP) is 2.82. The van der Waals surface area contributed by atoms with Crippen LogP contribution in [0.25, 0.3) is 0 Å². The minimum Gasteiger partial charge on any atom is -0.351 e. The van der Waals surface area contributed by atoms with E-state index in [2.05, 4.69) is 5.32 Å². The van der Waals surface area contributed by atoms with Crippen LogP contribution in [0.3, 0.4) is 0 Å². The van der Waals surface area contributed by atoms with E-state index in [9.17, 15) is 18.0 Å². The number of aryl methyl sites for hydroxylation is 2. The molecule has 1 N–H and O–H groups in total. The van der Waals surface area contributed by atoms with Crippen LogP contribution in [0.5, 0.6) is 0 Å². The van der Waals surface area contributed by atoms with Gasteiger partial charge in [0, 0.05) is 36.6 Å². The molecule has 1 aromatic heterocycles. The number of anilines is 1. The van der Waals surface area contributed by atoms with Crippen LogP contribution in [0.1, 0.15) is 35.3 Å². The van der Waals surface area contributed by atoms with Crippen LogP contribution in [-0.4, -0.2) is 44.2 Å². The third-order valence-electron chi connectivity index (χ3n) is 6.03. The van der Waals surface area contributed by atoms with Crippen LogP contribution < -0.4 is 10.2 Å². The van der Waals surface area contributed by atoms with Gasteiger partial charge in [0.25, 0.3) is 10.0 Å². The van der Waals surface area contributed by atoms with Crippen molar-refractivity contribution in [2.24, 2.45) is 5.92 Å². The Balaban J connectivity index is 1.36. The van der Waals surface area contributed by atoms with Gasteiger partial charge in [-0.2, -0.15) is 4.31 Å². The summed E-state index contributed by atoms with van der Waals surface area (Å²) in [7, 11) is -3.44. The second-order valence-corrected chi connectivity index (χ2v) is 11.6. The second kappa shape index (κ2) is 8.72. The number of thiophene rings is 1. The molecule has 0 aliphatic carbocycles. The highest BCUT2D eigenvalue weighted by molar-refractivity contribution is 7.91. The first kappa shape index (κ1) is 22.0. The third kappa shape index (κ3) is 4.53. The maximum atomic E-state index is 12.7. The van der Waals surface area contributed by atoms with Gasteiger partial charge in [0.05, 0.1) is 12.5 Å². The lowest BCUT2D eigenvalue weighted by Crippen LogP contribution is -2.32. The smallest absolute Gasteiger partial charge is 0.252 e. The molecule has 0 saturated carbocycles. The van der Waals surface area contributed by atoms with Gasteiger partial charge in [-0.15, -0.1) is 11.3 Å². The van der Waals surface area contributed by atoms with Crippen molar-refractivity contribution in [3.8, 4) is 0 Å². The lowest BCUT2D eigenvalue weighted by Gasteiger charge is -2.18. The summed E-state index contributed by atoms with van der Waals surface area (Å²) < 4.78 is 27.1. The number of carbonyl (C=O) groups is 2. The maximum Gasteiger partial charge on any atom is 0.252 e. The third-order valence-corrected chi connectivity index (χ3v) is 9.48. The molecule has 2 saturated heterocycles. The summed E-state index contributed by atoms with van der Waals surface area (Å²) in [6.45, 7) is 5.77. The quantitative estimate of drug-likeness (QED) is 0.717. The maximum absolute atomic E-state index is 12.7. The van der Waals surface area contributed by atoms with Crippen molar-refractivity contribution in [1.82, 2.24) is 9.62 Å². The first-order valence-corrected chi connectivity index (χ1v) is 12.8. The fraction of sp³-hybridized carbons (Fsp3) is 0.455. The number of nitrogens with zero attached hydrogens (tertiary/aromatic N) is 2. The van der Waals surface area contributed by atoms with Crippen molar-refractivity contribution < 1.29 is 18.0 Å². The Bertz CT molecular complexity index is 1100. The van der Waals surface area contributed by atoms with Crippen LogP contribution in [0.2, 0.25) is 0 Å². The summed E-state index contributed by atoms with van der Waals surface area (Å²) in [5.74, 6) is -0.655. The highest BCUT2D eigenvalue weighted by Gasteiger charge is 2.35. The standard InChI is InChI=1S/C22H27N3O4S2/c1-15-5-6-18(11-16(15)2)25-14-17(12-20(25)26)22(27)23-13-19-7-8-21(30-19)31(28,29)24-9-3-4-10-24/h5-8,11,17H,3-4,9-10,12-14H2,1-2H3,(H,23,27)/t17-/m1/s1. The van der Waals surface area contributed by atoms with Crippen LogP contribution in [-0.2, 0) is 26.2 Å². The van der Waals surface area contributed by atoms with E-state index in [1.165, 1.54) is 15.6 Å². The van der Waals surface area contributed by atoms with E-state index in [4.69, 9.17) is 0 Å². The summed E-state index contributed by atoms with van der Waals surface area (Å²) in [4.78, 5) is 27.6. The molecule has 0 radical (unpaired) electrons. The molecule has 1 atom stereocenters. The zero-order valence-electron chi connectivity index (χ0n) is 17.8. The van der Waals surface area contributed by atoms with Crippen LogP contribution >= 0.6 is 11.3 Å². The Morgan fingerprint density at radius 1 is 1.13 bits per heavy atom. The number of rotatable bonds is 6. The second-order valence-electron chi connectivity index (χ2n) is 8.22. The van der Waals surface area contributed by atoms with Gasteiger partial charge in [-0.25, -0.2) is 8.42 Å². The van der Waals surface area contributed by atoms with Crippen molar-refractivity contribution in [3.05, 3.63) is 46.3 Å². The Morgan fingerprint density at radius 3 is 2.58 bits per heavy atom. The summed E-state index contributed by atoms with van der Waals surface area (Å²) in [5.41, 5.74) is 3.08. The molecule has 2 aromatic rings. The van der Waals surface area contributed by atoms with Gasteiger partial charge < -0.3 is 10.2 Å². The summed E-state index contributed by atoms with van der Waals surface area (Å²) in [6, 6.07) is 9.22. The molecule has 7 nitrogen and oxygen atoms in total. The zero-order valence-corrected chi connectivity index (χ0v) is 19.4. The molecular weight excluding hydrogens is 434 g/mol. The molecule has 3 heterocycles. The summed E-state index contributed by atoms with van der Waals surface area (Å²) in [5, 5.41) is 2.87. The number of amides is 2. The van der Waals surface area contributed by atoms with Crippen LogP contribution in [0, 0.1) is 19.8 Å². The molecule has 0 unspecified atom stereocenters. The normalized spacial score (nSPS) is 19.9. The molecule has 2 amide bonds. The van der Waals surface area contributed by atoms with Gasteiger partial charge >= 0.3 is 0 Å². The Kier molecular flexibility index (Phi) is 6.18. The predicted molar refractivity (Wildman–Crippen MR) is 121 cm³/mol. The number of carbonyl (C=O) groups excluding carboxylic acids is 2. The van der Waals surface area contributed by atoms with E-state index in [-0.39, 0.29) is 24.8 Å². The van der Waals surface area contributed by atoms with Crippen LogP contribution in [0.15, 0.2) is 34.5 Å². The molecule has 2 aliphatic rings. The van der Waals surface area contributed by atoms with Crippen molar-refractivity contribution in [2.45, 2.75) is 43.9 Å². The minimum absolute atomic E-state index is 0.0569. The average Bonchev–Trinajstić information content (AvgIpc) is 3.49. The molecule has 0 spiro atoms. The van der Waals surface area contributed by atoms with E-state index in [0.717, 1.165) is 34.5 Å². The molecule has 0 bridgehead atoms. The number of nitrogens with one attached hydrogen (secondary N) is 1. The Labute approximate surface area is 187 Å². The van der Waals surface area contributed by atoms with Crippen molar-refractivity contribution in [1.29, 1.82) is 0 Å². The van der Waals surface area contributed by atoms with E-state index in [0.29, 0.717) is 23.8 Å². The molecule has 2 aliphatic heterocycles. The monoisotopic (exact) mass is 461 g/mol. The first-order valence-electron chi connectivity index (χ1n) is 10.5. The number of hydrogen-bond donors (Lipinski definition) is 1. The van der Waals surface area contributed by atoms with Gasteiger partial charge in [0.2, 0.25) is 11.8 Å². The zero-order chi connectivity index (χ0) is 22.2. The molecule has 1 aromatic carbocycles. The molecular formula is C22H27N3O4S2. The molecule has 4 rings (SSSR count). The van der Waals surface area contributed by atoms with Gasteiger partial charge in [-0.3, -0.25) is 9.59 Å². The highest BCUT2D eigenvalue weighted by Crippen LogP contribution is 2.29. The highest BCUT2D eigenvalue weighted by atomic mass is 32.2. The number of hydrogen-bond acceptors (Lipinski definition) is 5.